The van der Waals surface area contributed by atoms with Crippen molar-refractivity contribution in [2.45, 2.75) is 26.2 Å². The number of hydrogen-bond donors (Lipinski definition) is 1. The Morgan fingerprint density at radius 3 is 2.00 bits per heavy atom. The van der Waals surface area contributed by atoms with Gasteiger partial charge in [-0.25, -0.2) is 0 Å². The lowest BCUT2D eigenvalue weighted by atomic mass is 9.95. The summed E-state index contributed by atoms with van der Waals surface area (Å²) in [5.41, 5.74) is 4.61. The van der Waals surface area contributed by atoms with E-state index in [2.05, 4.69) is 15.5 Å². The monoisotopic (exact) mass is 397 g/mol. The minimum atomic E-state index is -0.182. The van der Waals surface area contributed by atoms with Crippen LogP contribution in [0.3, 0.4) is 0 Å². The third-order valence-corrected chi connectivity index (χ3v) is 5.05. The van der Waals surface area contributed by atoms with Crippen LogP contribution >= 0.6 is 0 Å². The van der Waals surface area contributed by atoms with Crippen LogP contribution in [0.4, 0.5) is 5.69 Å². The molecule has 0 aliphatic carbocycles. The summed E-state index contributed by atoms with van der Waals surface area (Å²) >= 11 is 0. The van der Waals surface area contributed by atoms with Gasteiger partial charge in [-0.05, 0) is 55.3 Å². The first kappa shape index (κ1) is 19.6. The van der Waals surface area contributed by atoms with Gasteiger partial charge in [-0.2, -0.15) is 0 Å². The molecule has 5 nitrogen and oxygen atoms in total. The largest absolute Gasteiger partial charge is 0.416 e. The minimum absolute atomic E-state index is 0.0177. The van der Waals surface area contributed by atoms with Crippen molar-refractivity contribution in [3.05, 3.63) is 90.0 Å². The highest BCUT2D eigenvalue weighted by atomic mass is 16.4. The molecule has 1 amide bonds. The molecule has 0 saturated heterocycles. The van der Waals surface area contributed by atoms with Crippen LogP contribution in [-0.2, 0) is 4.79 Å². The highest BCUT2D eigenvalue weighted by Gasteiger charge is 2.18. The maximum atomic E-state index is 12.7. The maximum Gasteiger partial charge on any atom is 0.248 e. The average Bonchev–Trinajstić information content (AvgIpc) is 3.26. The van der Waals surface area contributed by atoms with Gasteiger partial charge in [0.1, 0.15) is 0 Å². The van der Waals surface area contributed by atoms with Crippen LogP contribution in [0.5, 0.6) is 0 Å². The Morgan fingerprint density at radius 2 is 1.43 bits per heavy atom. The Morgan fingerprint density at radius 1 is 0.867 bits per heavy atom. The van der Waals surface area contributed by atoms with Gasteiger partial charge >= 0.3 is 0 Å². The second-order valence-electron chi connectivity index (χ2n) is 7.22. The molecule has 5 heteroatoms. The summed E-state index contributed by atoms with van der Waals surface area (Å²) in [6.45, 7) is 4.05. The van der Waals surface area contributed by atoms with Gasteiger partial charge in [0.15, 0.2) is 0 Å². The number of carbonyl (C=O) groups excluding carboxylic acids is 1. The molecule has 0 spiro atoms. The molecule has 4 rings (SSSR count). The Bertz CT molecular complexity index is 1120. The van der Waals surface area contributed by atoms with E-state index >= 15 is 0 Å². The maximum absolute atomic E-state index is 12.7. The topological polar surface area (TPSA) is 68.0 Å². The Balaban J connectivity index is 1.47. The number of nitrogens with one attached hydrogen (secondary N) is 1. The van der Waals surface area contributed by atoms with Crippen LogP contribution in [0, 0.1) is 6.92 Å². The minimum Gasteiger partial charge on any atom is -0.416 e. The van der Waals surface area contributed by atoms with Crippen molar-refractivity contribution in [1.29, 1.82) is 0 Å². The number of nitrogens with zero attached hydrogens (tertiary/aromatic N) is 2. The van der Waals surface area contributed by atoms with Gasteiger partial charge in [-0.3, -0.25) is 4.79 Å². The van der Waals surface area contributed by atoms with Crippen molar-refractivity contribution in [2.75, 3.05) is 5.32 Å². The number of amides is 1. The van der Waals surface area contributed by atoms with E-state index in [0.717, 1.165) is 28.8 Å². The first-order chi connectivity index (χ1) is 14.6. The number of rotatable bonds is 6. The van der Waals surface area contributed by atoms with Crippen molar-refractivity contribution >= 4 is 11.6 Å². The van der Waals surface area contributed by atoms with E-state index in [1.807, 2.05) is 92.7 Å². The molecule has 0 fully saturated rings. The van der Waals surface area contributed by atoms with E-state index in [-0.39, 0.29) is 11.8 Å². The first-order valence-corrected chi connectivity index (χ1v) is 10.0. The number of aromatic nitrogens is 2. The van der Waals surface area contributed by atoms with E-state index in [1.165, 1.54) is 5.56 Å². The van der Waals surface area contributed by atoms with E-state index in [9.17, 15) is 4.79 Å². The lowest BCUT2D eigenvalue weighted by molar-refractivity contribution is -0.117. The second-order valence-corrected chi connectivity index (χ2v) is 7.22. The number of aryl methyl sites for hydroxylation is 1. The number of anilines is 1. The van der Waals surface area contributed by atoms with Crippen LogP contribution in [0.1, 0.15) is 30.4 Å². The molecule has 150 valence electrons. The molecule has 30 heavy (non-hydrogen) atoms. The Kier molecular flexibility index (Phi) is 5.70. The van der Waals surface area contributed by atoms with E-state index in [4.69, 9.17) is 4.42 Å². The molecule has 0 radical (unpaired) electrons. The molecule has 0 saturated carbocycles. The van der Waals surface area contributed by atoms with Gasteiger partial charge in [0, 0.05) is 16.8 Å². The molecule has 3 aromatic carbocycles. The van der Waals surface area contributed by atoms with Gasteiger partial charge in [-0.1, -0.05) is 55.0 Å². The zero-order valence-corrected chi connectivity index (χ0v) is 17.0. The third-order valence-electron chi connectivity index (χ3n) is 5.05. The molecular weight excluding hydrogens is 374 g/mol. The van der Waals surface area contributed by atoms with Crippen molar-refractivity contribution < 1.29 is 9.21 Å². The van der Waals surface area contributed by atoms with E-state index in [1.54, 1.807) is 0 Å². The quantitative estimate of drug-likeness (QED) is 0.443. The fourth-order valence-corrected chi connectivity index (χ4v) is 3.34. The van der Waals surface area contributed by atoms with Gasteiger partial charge in [0.05, 0.1) is 5.92 Å². The highest BCUT2D eigenvalue weighted by Crippen LogP contribution is 2.26. The lowest BCUT2D eigenvalue weighted by Gasteiger charge is -2.15. The standard InChI is InChI=1S/C25H23N3O2/c1-3-22(18-7-5-4-6-8-18)23(29)26-21-15-13-20(14-16-21)25-28-27-24(30-25)19-11-9-17(2)10-12-19/h4-16,22H,3H2,1-2H3,(H,26,29)/t22-/m0/s1. The smallest absolute Gasteiger partial charge is 0.248 e. The van der Waals surface area contributed by atoms with E-state index < -0.39 is 0 Å². The van der Waals surface area contributed by atoms with Crippen molar-refractivity contribution in [3.63, 3.8) is 0 Å². The van der Waals surface area contributed by atoms with Gasteiger partial charge < -0.3 is 9.73 Å². The van der Waals surface area contributed by atoms with Crippen LogP contribution in [0.15, 0.2) is 83.3 Å². The fourth-order valence-electron chi connectivity index (χ4n) is 3.34. The summed E-state index contributed by atoms with van der Waals surface area (Å²) in [6, 6.07) is 25.2. The molecule has 1 aromatic heterocycles. The number of carbonyl (C=O) groups is 1. The van der Waals surface area contributed by atoms with Crippen LogP contribution in [0.2, 0.25) is 0 Å². The highest BCUT2D eigenvalue weighted by molar-refractivity contribution is 5.96. The molecule has 1 heterocycles. The van der Waals surface area contributed by atoms with Gasteiger partial charge in [0.2, 0.25) is 17.7 Å². The summed E-state index contributed by atoms with van der Waals surface area (Å²) in [4.78, 5) is 12.7. The summed E-state index contributed by atoms with van der Waals surface area (Å²) in [5, 5.41) is 11.3. The summed E-state index contributed by atoms with van der Waals surface area (Å²) in [6.07, 6.45) is 0.734. The van der Waals surface area contributed by atoms with Crippen molar-refractivity contribution in [3.8, 4) is 22.9 Å². The number of hydrogen-bond acceptors (Lipinski definition) is 4. The lowest BCUT2D eigenvalue weighted by Crippen LogP contribution is -2.20. The molecule has 0 bridgehead atoms. The van der Waals surface area contributed by atoms with E-state index in [0.29, 0.717) is 11.8 Å². The first-order valence-electron chi connectivity index (χ1n) is 10.0. The Labute approximate surface area is 175 Å². The predicted molar refractivity (Wildman–Crippen MR) is 118 cm³/mol. The zero-order valence-electron chi connectivity index (χ0n) is 17.0. The molecule has 4 aromatic rings. The van der Waals surface area contributed by atoms with Crippen LogP contribution < -0.4 is 5.32 Å². The second kappa shape index (κ2) is 8.74. The zero-order chi connectivity index (χ0) is 20.9. The van der Waals surface area contributed by atoms with Crippen LogP contribution in [0.25, 0.3) is 22.9 Å². The summed E-state index contributed by atoms with van der Waals surface area (Å²) in [7, 11) is 0. The van der Waals surface area contributed by atoms with Gasteiger partial charge in [0.25, 0.3) is 0 Å². The van der Waals surface area contributed by atoms with Crippen molar-refractivity contribution in [2.24, 2.45) is 0 Å². The van der Waals surface area contributed by atoms with Crippen molar-refractivity contribution in [1.82, 2.24) is 10.2 Å². The third kappa shape index (κ3) is 4.30. The SMILES string of the molecule is CC[C@H](C(=O)Nc1ccc(-c2nnc(-c3ccc(C)cc3)o2)cc1)c1ccccc1. The number of benzene rings is 3. The molecule has 1 atom stereocenters. The molecule has 0 unspecified atom stereocenters. The fraction of sp³-hybridized carbons (Fsp3) is 0.160. The summed E-state index contributed by atoms with van der Waals surface area (Å²) < 4.78 is 5.82. The molecule has 0 aliphatic rings. The molecular formula is C25H23N3O2. The average molecular weight is 397 g/mol. The Hall–Kier alpha value is -3.73. The predicted octanol–water partition coefficient (Wildman–Crippen LogP) is 5.84. The summed E-state index contributed by atoms with van der Waals surface area (Å²) in [5.74, 6) is 0.727. The van der Waals surface area contributed by atoms with Gasteiger partial charge in [-0.15, -0.1) is 10.2 Å². The van der Waals surface area contributed by atoms with Crippen LogP contribution in [-0.4, -0.2) is 16.1 Å². The molecule has 0 aliphatic heterocycles. The molecule has 1 N–H and O–H groups in total. The normalized spacial score (nSPS) is 11.8.